The number of carbonyl (C=O) groups is 1. The third-order valence-electron chi connectivity index (χ3n) is 2.46. The Labute approximate surface area is 100 Å². The molecule has 17 heavy (non-hydrogen) atoms. The van der Waals surface area contributed by atoms with Gasteiger partial charge in [-0.05, 0) is 12.8 Å². The minimum Gasteiger partial charge on any atom is -0.496 e. The molecular formula is C12H17NO4. The summed E-state index contributed by atoms with van der Waals surface area (Å²) in [6, 6.07) is 1.43. The highest BCUT2D eigenvalue weighted by Gasteiger charge is 2.16. The number of nitrogens with zero attached hydrogens (tertiary/aromatic N) is 1. The van der Waals surface area contributed by atoms with Gasteiger partial charge in [-0.25, -0.2) is 9.78 Å². The SMILES string of the molecule is CCCCc1c(OC)cc(C(=O)O)nc1OC. The minimum absolute atomic E-state index is 0.0704. The fourth-order valence-corrected chi connectivity index (χ4v) is 1.57. The van der Waals surface area contributed by atoms with Crippen LogP contribution in [0.2, 0.25) is 0 Å². The number of hydrogen-bond donors (Lipinski definition) is 1. The molecule has 5 nitrogen and oxygen atoms in total. The summed E-state index contributed by atoms with van der Waals surface area (Å²) >= 11 is 0. The number of ether oxygens (including phenoxy) is 2. The number of methoxy groups -OCH3 is 2. The van der Waals surface area contributed by atoms with Crippen molar-refractivity contribution in [2.75, 3.05) is 14.2 Å². The van der Waals surface area contributed by atoms with Crippen molar-refractivity contribution in [1.82, 2.24) is 4.98 Å². The first kappa shape index (κ1) is 13.3. The predicted octanol–water partition coefficient (Wildman–Crippen LogP) is 2.14. The van der Waals surface area contributed by atoms with E-state index < -0.39 is 5.97 Å². The van der Waals surface area contributed by atoms with Crippen LogP contribution in [-0.4, -0.2) is 30.3 Å². The normalized spacial score (nSPS) is 10.1. The van der Waals surface area contributed by atoms with Crippen molar-refractivity contribution in [2.45, 2.75) is 26.2 Å². The molecule has 1 heterocycles. The van der Waals surface area contributed by atoms with Gasteiger partial charge in [0.2, 0.25) is 5.88 Å². The molecule has 0 atom stereocenters. The van der Waals surface area contributed by atoms with Gasteiger partial charge >= 0.3 is 5.97 Å². The van der Waals surface area contributed by atoms with Crippen molar-refractivity contribution in [3.8, 4) is 11.6 Å². The van der Waals surface area contributed by atoms with Crippen molar-refractivity contribution >= 4 is 5.97 Å². The van der Waals surface area contributed by atoms with Crippen LogP contribution >= 0.6 is 0 Å². The molecule has 0 spiro atoms. The lowest BCUT2D eigenvalue weighted by Gasteiger charge is -2.12. The van der Waals surface area contributed by atoms with Crippen LogP contribution in [-0.2, 0) is 6.42 Å². The molecule has 1 aromatic rings. The first-order valence-corrected chi connectivity index (χ1v) is 5.49. The summed E-state index contributed by atoms with van der Waals surface area (Å²) in [6.07, 6.45) is 2.77. The van der Waals surface area contributed by atoms with Gasteiger partial charge in [0.15, 0.2) is 5.69 Å². The molecule has 0 aromatic carbocycles. The summed E-state index contributed by atoms with van der Waals surface area (Å²) in [5.74, 6) is -0.249. The third kappa shape index (κ3) is 3.09. The Morgan fingerprint density at radius 3 is 2.59 bits per heavy atom. The average molecular weight is 239 g/mol. The lowest BCUT2D eigenvalue weighted by molar-refractivity contribution is 0.0689. The number of aromatic carboxylic acids is 1. The van der Waals surface area contributed by atoms with Gasteiger partial charge < -0.3 is 14.6 Å². The second-order valence-electron chi connectivity index (χ2n) is 3.61. The third-order valence-corrected chi connectivity index (χ3v) is 2.46. The smallest absolute Gasteiger partial charge is 0.354 e. The Morgan fingerprint density at radius 2 is 2.12 bits per heavy atom. The van der Waals surface area contributed by atoms with E-state index in [0.717, 1.165) is 24.8 Å². The monoisotopic (exact) mass is 239 g/mol. The summed E-state index contributed by atoms with van der Waals surface area (Å²) < 4.78 is 10.3. The maximum atomic E-state index is 10.9. The number of rotatable bonds is 6. The molecule has 1 rings (SSSR count). The van der Waals surface area contributed by atoms with Crippen LogP contribution in [0.15, 0.2) is 6.07 Å². The van der Waals surface area contributed by atoms with Crippen molar-refractivity contribution in [3.63, 3.8) is 0 Å². The largest absolute Gasteiger partial charge is 0.496 e. The molecule has 0 saturated heterocycles. The highest BCUT2D eigenvalue weighted by Crippen LogP contribution is 2.29. The van der Waals surface area contributed by atoms with Gasteiger partial charge in [-0.15, -0.1) is 0 Å². The lowest BCUT2D eigenvalue weighted by Crippen LogP contribution is -2.06. The fourth-order valence-electron chi connectivity index (χ4n) is 1.57. The van der Waals surface area contributed by atoms with Crippen LogP contribution in [0.1, 0.15) is 35.8 Å². The molecule has 94 valence electrons. The van der Waals surface area contributed by atoms with Gasteiger partial charge in [0, 0.05) is 6.07 Å². The Balaban J connectivity index is 3.21. The first-order valence-electron chi connectivity index (χ1n) is 5.49. The molecule has 1 N–H and O–H groups in total. The summed E-state index contributed by atoms with van der Waals surface area (Å²) in [5, 5.41) is 8.92. The second kappa shape index (κ2) is 6.08. The van der Waals surface area contributed by atoms with E-state index in [9.17, 15) is 4.79 Å². The van der Waals surface area contributed by atoms with E-state index in [1.165, 1.54) is 20.3 Å². The van der Waals surface area contributed by atoms with Crippen molar-refractivity contribution in [3.05, 3.63) is 17.3 Å². The molecule has 0 aliphatic rings. The number of carboxylic acids is 1. The van der Waals surface area contributed by atoms with Gasteiger partial charge in [0.05, 0.1) is 19.8 Å². The number of aromatic nitrogens is 1. The maximum absolute atomic E-state index is 10.9. The average Bonchev–Trinajstić information content (AvgIpc) is 2.34. The molecule has 0 radical (unpaired) electrons. The summed E-state index contributed by atoms with van der Waals surface area (Å²) in [5.41, 5.74) is 0.751. The summed E-state index contributed by atoms with van der Waals surface area (Å²) in [7, 11) is 2.98. The highest BCUT2D eigenvalue weighted by molar-refractivity contribution is 5.86. The summed E-state index contributed by atoms with van der Waals surface area (Å²) in [6.45, 7) is 2.08. The van der Waals surface area contributed by atoms with Gasteiger partial charge in [-0.2, -0.15) is 0 Å². The van der Waals surface area contributed by atoms with E-state index in [1.54, 1.807) is 0 Å². The Morgan fingerprint density at radius 1 is 1.41 bits per heavy atom. The molecular weight excluding hydrogens is 222 g/mol. The Kier molecular flexibility index (Phi) is 4.75. The van der Waals surface area contributed by atoms with Crippen LogP contribution in [0.5, 0.6) is 11.6 Å². The van der Waals surface area contributed by atoms with Gasteiger partial charge in [-0.1, -0.05) is 13.3 Å². The number of unbranched alkanes of at least 4 members (excludes halogenated alkanes) is 1. The minimum atomic E-state index is -1.09. The fraction of sp³-hybridized carbons (Fsp3) is 0.500. The molecule has 0 amide bonds. The van der Waals surface area contributed by atoms with Crippen LogP contribution in [0.4, 0.5) is 0 Å². The topological polar surface area (TPSA) is 68.7 Å². The van der Waals surface area contributed by atoms with Gasteiger partial charge in [-0.3, -0.25) is 0 Å². The van der Waals surface area contributed by atoms with Crippen LogP contribution in [0.25, 0.3) is 0 Å². The van der Waals surface area contributed by atoms with Crippen LogP contribution < -0.4 is 9.47 Å². The van der Waals surface area contributed by atoms with Crippen LogP contribution in [0, 0.1) is 0 Å². The zero-order valence-electron chi connectivity index (χ0n) is 10.3. The first-order chi connectivity index (χ1) is 8.13. The second-order valence-corrected chi connectivity index (χ2v) is 3.61. The van der Waals surface area contributed by atoms with Crippen molar-refractivity contribution in [1.29, 1.82) is 0 Å². The molecule has 1 aromatic heterocycles. The zero-order chi connectivity index (χ0) is 12.8. The highest BCUT2D eigenvalue weighted by atomic mass is 16.5. The molecule has 0 fully saturated rings. The van der Waals surface area contributed by atoms with Crippen LogP contribution in [0.3, 0.4) is 0 Å². The summed E-state index contributed by atoms with van der Waals surface area (Å²) in [4.78, 5) is 14.8. The van der Waals surface area contributed by atoms with E-state index in [1.807, 2.05) is 0 Å². The van der Waals surface area contributed by atoms with E-state index >= 15 is 0 Å². The molecule has 0 aliphatic carbocycles. The molecule has 0 saturated carbocycles. The quantitative estimate of drug-likeness (QED) is 0.823. The van der Waals surface area contributed by atoms with Crippen molar-refractivity contribution in [2.24, 2.45) is 0 Å². The lowest BCUT2D eigenvalue weighted by atomic mass is 10.1. The number of hydrogen-bond acceptors (Lipinski definition) is 4. The number of pyridine rings is 1. The standard InChI is InChI=1S/C12H17NO4/c1-4-5-6-8-10(16-2)7-9(12(14)15)13-11(8)17-3/h7H,4-6H2,1-3H3,(H,14,15). The number of carboxylic acid groups (broad SMARTS) is 1. The molecule has 0 bridgehead atoms. The van der Waals surface area contributed by atoms with Crippen molar-refractivity contribution < 1.29 is 19.4 Å². The maximum Gasteiger partial charge on any atom is 0.354 e. The molecule has 0 aliphatic heterocycles. The molecule has 0 unspecified atom stereocenters. The molecule has 5 heteroatoms. The van der Waals surface area contributed by atoms with E-state index in [0.29, 0.717) is 11.6 Å². The van der Waals surface area contributed by atoms with Gasteiger partial charge in [0.25, 0.3) is 0 Å². The van der Waals surface area contributed by atoms with E-state index in [2.05, 4.69) is 11.9 Å². The Bertz CT molecular complexity index is 378. The van der Waals surface area contributed by atoms with E-state index in [-0.39, 0.29) is 5.69 Å². The Hall–Kier alpha value is -1.78. The van der Waals surface area contributed by atoms with E-state index in [4.69, 9.17) is 14.6 Å². The zero-order valence-corrected chi connectivity index (χ0v) is 10.3. The predicted molar refractivity (Wildman–Crippen MR) is 62.9 cm³/mol. The van der Waals surface area contributed by atoms with Gasteiger partial charge in [0.1, 0.15) is 5.75 Å².